The summed E-state index contributed by atoms with van der Waals surface area (Å²) in [5.74, 6) is 0.647. The highest BCUT2D eigenvalue weighted by Crippen LogP contribution is 2.32. The lowest BCUT2D eigenvalue weighted by molar-refractivity contribution is 0.142. The normalized spacial score (nSPS) is 17.3. The van der Waals surface area contributed by atoms with Crippen molar-refractivity contribution in [1.82, 2.24) is 29.4 Å². The molecule has 1 saturated heterocycles. The highest BCUT2D eigenvalue weighted by molar-refractivity contribution is 5.83. The van der Waals surface area contributed by atoms with E-state index in [1.807, 2.05) is 10.6 Å². The number of halogens is 2. The summed E-state index contributed by atoms with van der Waals surface area (Å²) in [7, 11) is 0. The van der Waals surface area contributed by atoms with E-state index in [2.05, 4.69) is 37.1 Å². The van der Waals surface area contributed by atoms with Crippen LogP contribution in [0.5, 0.6) is 0 Å². The number of rotatable bonds is 4. The Kier molecular flexibility index (Phi) is 5.58. The summed E-state index contributed by atoms with van der Waals surface area (Å²) in [6.07, 6.45) is 2.59. The molecule has 4 aromatic rings. The van der Waals surface area contributed by atoms with Crippen molar-refractivity contribution in [3.05, 3.63) is 54.1 Å². The van der Waals surface area contributed by atoms with Gasteiger partial charge in [-0.05, 0) is 30.2 Å². The monoisotopic (exact) mass is 506 g/mol. The van der Waals surface area contributed by atoms with Crippen LogP contribution < -0.4 is 10.2 Å². The second kappa shape index (κ2) is 8.95. The van der Waals surface area contributed by atoms with Gasteiger partial charge in [0, 0.05) is 44.7 Å². The Morgan fingerprint density at radius 3 is 2.59 bits per heavy atom. The number of amides is 1. The van der Waals surface area contributed by atoms with Crippen molar-refractivity contribution < 1.29 is 18.7 Å². The van der Waals surface area contributed by atoms with Crippen LogP contribution in [-0.4, -0.2) is 66.8 Å². The summed E-state index contributed by atoms with van der Waals surface area (Å²) < 4.78 is 31.7. The molecule has 6 rings (SSSR count). The first-order valence-electron chi connectivity index (χ1n) is 12.0. The van der Waals surface area contributed by atoms with E-state index in [1.54, 1.807) is 18.3 Å². The van der Waals surface area contributed by atoms with Crippen LogP contribution in [0.1, 0.15) is 12.7 Å². The lowest BCUT2D eigenvalue weighted by atomic mass is 10.1. The van der Waals surface area contributed by atoms with E-state index in [9.17, 15) is 13.6 Å². The number of fused-ring (bicyclic) bond motifs is 3. The zero-order valence-electron chi connectivity index (χ0n) is 20.0. The fourth-order valence-electron chi connectivity index (χ4n) is 4.96. The maximum Gasteiger partial charge on any atom is 0.407 e. The van der Waals surface area contributed by atoms with Crippen LogP contribution in [0.3, 0.4) is 0 Å². The third-order valence-electron chi connectivity index (χ3n) is 6.83. The average molecular weight is 507 g/mol. The number of anilines is 3. The molecule has 1 atom stereocenters. The second-order valence-corrected chi connectivity index (χ2v) is 9.45. The third kappa shape index (κ3) is 4.28. The van der Waals surface area contributed by atoms with Gasteiger partial charge in [-0.15, -0.1) is 0 Å². The Morgan fingerprint density at radius 1 is 1.05 bits per heavy atom. The number of carbonyl (C=O) groups is 1. The van der Waals surface area contributed by atoms with Gasteiger partial charge in [0.2, 0.25) is 5.95 Å². The number of nitrogens with zero attached hydrogens (tertiary/aromatic N) is 7. The van der Waals surface area contributed by atoms with Crippen molar-refractivity contribution in [3.63, 3.8) is 0 Å². The minimum atomic E-state index is -0.914. The fourth-order valence-corrected chi connectivity index (χ4v) is 4.96. The summed E-state index contributed by atoms with van der Waals surface area (Å²) in [6.45, 7) is 4.86. The molecule has 0 bridgehead atoms. The Balaban J connectivity index is 1.23. The number of aromatic nitrogens is 5. The van der Waals surface area contributed by atoms with E-state index in [0.717, 1.165) is 30.7 Å². The Labute approximate surface area is 210 Å². The van der Waals surface area contributed by atoms with Crippen molar-refractivity contribution in [1.29, 1.82) is 0 Å². The van der Waals surface area contributed by atoms with Crippen LogP contribution in [0.25, 0.3) is 22.3 Å². The second-order valence-electron chi connectivity index (χ2n) is 9.45. The average Bonchev–Trinajstić information content (AvgIpc) is 3.42. The van der Waals surface area contributed by atoms with E-state index < -0.39 is 17.7 Å². The quantitative estimate of drug-likeness (QED) is 0.429. The molecular weight excluding hydrogens is 482 g/mol. The fraction of sp³-hybridized carbons (Fsp3) is 0.320. The Morgan fingerprint density at radius 2 is 1.86 bits per heavy atom. The molecule has 5 heterocycles. The van der Waals surface area contributed by atoms with Gasteiger partial charge in [-0.2, -0.15) is 0 Å². The molecule has 12 heteroatoms. The summed E-state index contributed by atoms with van der Waals surface area (Å²) in [5.41, 5.74) is 2.06. The van der Waals surface area contributed by atoms with Crippen LogP contribution in [0, 0.1) is 17.6 Å². The van der Waals surface area contributed by atoms with E-state index in [0.29, 0.717) is 49.0 Å². The molecule has 0 spiro atoms. The maximum absolute atomic E-state index is 14.9. The number of benzene rings is 1. The van der Waals surface area contributed by atoms with Crippen LogP contribution in [0.15, 0.2) is 36.7 Å². The molecule has 0 aliphatic carbocycles. The topological polar surface area (TPSA) is 112 Å². The Hall–Kier alpha value is -4.35. The molecule has 2 aliphatic heterocycles. The first-order chi connectivity index (χ1) is 17.9. The van der Waals surface area contributed by atoms with Crippen molar-refractivity contribution in [2.24, 2.45) is 5.92 Å². The maximum atomic E-state index is 14.9. The van der Waals surface area contributed by atoms with Gasteiger partial charge in [-0.1, -0.05) is 6.92 Å². The molecular formula is C25H24F2N8O2. The zero-order chi connectivity index (χ0) is 25.7. The van der Waals surface area contributed by atoms with Gasteiger partial charge < -0.3 is 24.8 Å². The van der Waals surface area contributed by atoms with Crippen LogP contribution in [0.4, 0.5) is 31.0 Å². The minimum Gasteiger partial charge on any atom is -0.465 e. The van der Waals surface area contributed by atoms with Crippen LogP contribution in [-0.2, 0) is 13.0 Å². The minimum absolute atomic E-state index is 0.0205. The smallest absolute Gasteiger partial charge is 0.407 e. The number of hydrogen-bond donors (Lipinski definition) is 2. The number of carboxylic acid groups (broad SMARTS) is 1. The van der Waals surface area contributed by atoms with Gasteiger partial charge in [0.15, 0.2) is 11.6 Å². The van der Waals surface area contributed by atoms with E-state index in [1.165, 1.54) is 11.0 Å². The molecule has 190 valence electrons. The molecule has 0 radical (unpaired) electrons. The van der Waals surface area contributed by atoms with Crippen LogP contribution >= 0.6 is 0 Å². The van der Waals surface area contributed by atoms with Gasteiger partial charge in [0.25, 0.3) is 0 Å². The largest absolute Gasteiger partial charge is 0.465 e. The first-order valence-corrected chi connectivity index (χ1v) is 12.0. The Bertz CT molecular complexity index is 1500. The van der Waals surface area contributed by atoms with E-state index in [-0.39, 0.29) is 17.2 Å². The number of piperazine rings is 1. The third-order valence-corrected chi connectivity index (χ3v) is 6.83. The predicted octanol–water partition coefficient (Wildman–Crippen LogP) is 3.90. The summed E-state index contributed by atoms with van der Waals surface area (Å²) in [6, 6.07) is 6.58. The molecule has 3 aromatic heterocycles. The van der Waals surface area contributed by atoms with Gasteiger partial charge in [-0.25, -0.2) is 33.5 Å². The van der Waals surface area contributed by atoms with Gasteiger partial charge in [0.1, 0.15) is 22.9 Å². The van der Waals surface area contributed by atoms with Gasteiger partial charge in [-0.3, -0.25) is 0 Å². The first kappa shape index (κ1) is 23.1. The van der Waals surface area contributed by atoms with Crippen molar-refractivity contribution in [2.75, 3.05) is 36.4 Å². The van der Waals surface area contributed by atoms with Gasteiger partial charge in [0.05, 0.1) is 23.6 Å². The lowest BCUT2D eigenvalue weighted by Crippen LogP contribution is -2.48. The molecule has 1 fully saturated rings. The molecule has 0 saturated carbocycles. The molecule has 1 unspecified atom stereocenters. The predicted molar refractivity (Wildman–Crippen MR) is 133 cm³/mol. The van der Waals surface area contributed by atoms with E-state index >= 15 is 0 Å². The number of imidazole rings is 1. The number of hydrogen-bond acceptors (Lipinski definition) is 7. The number of nitrogens with one attached hydrogen (secondary N) is 1. The highest BCUT2D eigenvalue weighted by Gasteiger charge is 2.25. The van der Waals surface area contributed by atoms with E-state index in [4.69, 9.17) is 5.11 Å². The zero-order valence-corrected chi connectivity index (χ0v) is 20.0. The SMILES string of the molecule is CC1Cc2nc3c(F)cc(-c4nc(Nc5ccc(N6CCN(C(=O)O)CC6)cn5)ncc4F)cc3n2C1. The standard InChI is InChI=1S/C25H24F2N8O2/c1-14-8-21-31-23-17(26)9-15(10-19(23)35(21)13-14)22-18(27)12-29-24(32-22)30-20-3-2-16(11-28-20)33-4-6-34(7-5-33)25(36)37/h2-3,9-12,14H,4-8,13H2,1H3,(H,36,37)(H,28,29,30,32). The highest BCUT2D eigenvalue weighted by atomic mass is 19.1. The summed E-state index contributed by atoms with van der Waals surface area (Å²) in [4.78, 5) is 31.7. The molecule has 2 aliphatic rings. The molecule has 2 N–H and O–H groups in total. The summed E-state index contributed by atoms with van der Waals surface area (Å²) in [5, 5.41) is 12.1. The lowest BCUT2D eigenvalue weighted by Gasteiger charge is -2.34. The summed E-state index contributed by atoms with van der Waals surface area (Å²) >= 11 is 0. The molecule has 10 nitrogen and oxygen atoms in total. The number of pyridine rings is 1. The van der Waals surface area contributed by atoms with Gasteiger partial charge >= 0.3 is 6.09 Å². The molecule has 1 aromatic carbocycles. The van der Waals surface area contributed by atoms with Crippen molar-refractivity contribution >= 4 is 34.6 Å². The van der Waals surface area contributed by atoms with Crippen molar-refractivity contribution in [2.45, 2.75) is 19.9 Å². The van der Waals surface area contributed by atoms with Crippen molar-refractivity contribution in [3.8, 4) is 11.3 Å². The molecule has 1 amide bonds. The molecule has 37 heavy (non-hydrogen) atoms. The van der Waals surface area contributed by atoms with Crippen LogP contribution in [0.2, 0.25) is 0 Å².